The Hall–Kier alpha value is -0.780. The third-order valence-electron chi connectivity index (χ3n) is 1.45. The van der Waals surface area contributed by atoms with Crippen molar-refractivity contribution in [1.82, 2.24) is 0 Å². The summed E-state index contributed by atoms with van der Waals surface area (Å²) in [5, 5.41) is 0. The molecule has 0 fully saturated rings. The fraction of sp³-hybridized carbons (Fsp3) is 0.143. The van der Waals surface area contributed by atoms with Gasteiger partial charge in [-0.05, 0) is 24.3 Å². The second kappa shape index (κ2) is 3.95. The average molecular weight is 221 g/mol. The van der Waals surface area contributed by atoms with Crippen molar-refractivity contribution in [3.05, 3.63) is 28.5 Å². The molecule has 0 heterocycles. The monoisotopic (exact) mass is 220 g/mol. The predicted octanol–water partition coefficient (Wildman–Crippen LogP) is 1.91. The summed E-state index contributed by atoms with van der Waals surface area (Å²) in [4.78, 5) is 0.0447. The first-order chi connectivity index (χ1) is 6.10. The highest BCUT2D eigenvalue weighted by Crippen LogP contribution is 2.20. The molecule has 0 aromatic heterocycles. The summed E-state index contributed by atoms with van der Waals surface area (Å²) in [6, 6.07) is 5.80. The Balaban J connectivity index is 3.06. The Kier molecular flexibility index (Phi) is 3.13. The average Bonchev–Trinajstić information content (AvgIpc) is 2.18. The topological polar surface area (TPSA) is 57.5 Å². The number of hydrogen-bond acceptors (Lipinski definition) is 3. The minimum atomic E-state index is -3.69. The van der Waals surface area contributed by atoms with Crippen LogP contribution in [0.3, 0.4) is 0 Å². The van der Waals surface area contributed by atoms with Crippen molar-refractivity contribution in [3.63, 3.8) is 0 Å². The van der Waals surface area contributed by atoms with E-state index in [1.54, 1.807) is 0 Å². The normalized spacial score (nSPS) is 11.2. The lowest BCUT2D eigenvalue weighted by atomic mass is 10.3. The van der Waals surface area contributed by atoms with Crippen molar-refractivity contribution < 1.29 is 13.2 Å². The van der Waals surface area contributed by atoms with Crippen LogP contribution in [0, 0.1) is 0 Å². The molecule has 0 amide bonds. The molecular formula is C7H7ClNO3S-. The molecule has 0 saturated heterocycles. The van der Waals surface area contributed by atoms with Gasteiger partial charge in [0.1, 0.15) is 15.8 Å². The van der Waals surface area contributed by atoms with Crippen LogP contribution in [0.1, 0.15) is 0 Å². The highest BCUT2D eigenvalue weighted by atomic mass is 35.5. The Labute approximate surface area is 81.6 Å². The minimum Gasteiger partial charge on any atom is -0.497 e. The first kappa shape index (κ1) is 10.3. The third kappa shape index (κ3) is 2.33. The molecule has 0 aliphatic heterocycles. The van der Waals surface area contributed by atoms with E-state index >= 15 is 0 Å². The molecule has 4 nitrogen and oxygen atoms in total. The largest absolute Gasteiger partial charge is 0.497 e. The molecule has 0 N–H and O–H groups in total. The predicted molar refractivity (Wildman–Crippen MR) is 49.4 cm³/mol. The summed E-state index contributed by atoms with van der Waals surface area (Å²) in [7, 11) is -2.19. The molecule has 6 heteroatoms. The highest BCUT2D eigenvalue weighted by molar-refractivity contribution is 7.95. The number of benzene rings is 1. The number of sulfonamides is 1. The maximum Gasteiger partial charge on any atom is 0.118 e. The van der Waals surface area contributed by atoms with Gasteiger partial charge in [0.05, 0.1) is 7.11 Å². The maximum absolute atomic E-state index is 11.1. The zero-order valence-corrected chi connectivity index (χ0v) is 8.34. The van der Waals surface area contributed by atoms with E-state index in [0.29, 0.717) is 5.75 Å². The summed E-state index contributed by atoms with van der Waals surface area (Å²) in [5.74, 6) is 0.577. The number of ether oxygens (including phenoxy) is 1. The second-order valence-electron chi connectivity index (χ2n) is 2.22. The molecule has 0 aliphatic rings. The SMILES string of the molecule is COc1ccc(S(=O)(=O)[N-]Cl)cc1. The van der Waals surface area contributed by atoms with Crippen molar-refractivity contribution in [2.45, 2.75) is 4.90 Å². The zero-order valence-electron chi connectivity index (χ0n) is 6.77. The van der Waals surface area contributed by atoms with Gasteiger partial charge >= 0.3 is 0 Å². The Morgan fingerprint density at radius 2 is 1.85 bits per heavy atom. The van der Waals surface area contributed by atoms with E-state index < -0.39 is 10.0 Å². The number of rotatable bonds is 3. The second-order valence-corrected chi connectivity index (χ2v) is 4.19. The Morgan fingerprint density at radius 3 is 2.23 bits per heavy atom. The van der Waals surface area contributed by atoms with Crippen molar-refractivity contribution >= 4 is 21.8 Å². The summed E-state index contributed by atoms with van der Waals surface area (Å²) in [5.41, 5.74) is 0. The quantitative estimate of drug-likeness (QED) is 0.782. The van der Waals surface area contributed by atoms with E-state index in [1.165, 1.54) is 31.4 Å². The van der Waals surface area contributed by atoms with Crippen molar-refractivity contribution in [2.75, 3.05) is 7.11 Å². The first-order valence-corrected chi connectivity index (χ1v) is 5.10. The fourth-order valence-corrected chi connectivity index (χ4v) is 1.59. The molecule has 0 radical (unpaired) electrons. The van der Waals surface area contributed by atoms with Gasteiger partial charge in [-0.25, -0.2) is 8.42 Å². The lowest BCUT2D eigenvalue weighted by Crippen LogP contribution is -1.95. The molecule has 1 aromatic carbocycles. The van der Waals surface area contributed by atoms with E-state index in [9.17, 15) is 8.42 Å². The van der Waals surface area contributed by atoms with Crippen molar-refractivity contribution in [1.29, 1.82) is 0 Å². The molecule has 0 spiro atoms. The maximum atomic E-state index is 11.1. The molecular weight excluding hydrogens is 214 g/mol. The first-order valence-electron chi connectivity index (χ1n) is 3.32. The molecule has 0 unspecified atom stereocenters. The van der Waals surface area contributed by atoms with E-state index in [1.807, 2.05) is 0 Å². The number of methoxy groups -OCH3 is 1. The standard InChI is InChI=1S/C7H7ClNO3S/c1-12-6-2-4-7(5-3-6)13(10,11)9-8/h2-5H,1H3/q-1. The van der Waals surface area contributed by atoms with E-state index in [0.717, 1.165) is 0 Å². The minimum absolute atomic E-state index is 0.0447. The van der Waals surface area contributed by atoms with Crippen LogP contribution < -0.4 is 4.74 Å². The van der Waals surface area contributed by atoms with E-state index in [2.05, 4.69) is 4.24 Å². The molecule has 72 valence electrons. The van der Waals surface area contributed by atoms with Gasteiger partial charge in [0.25, 0.3) is 0 Å². The molecule has 0 bridgehead atoms. The van der Waals surface area contributed by atoms with Gasteiger partial charge < -0.3 is 8.98 Å². The lowest BCUT2D eigenvalue weighted by Gasteiger charge is -2.11. The van der Waals surface area contributed by atoms with Crippen molar-refractivity contribution in [2.24, 2.45) is 0 Å². The van der Waals surface area contributed by atoms with Gasteiger partial charge in [-0.15, -0.1) is 0 Å². The van der Waals surface area contributed by atoms with Crippen LogP contribution in [0.4, 0.5) is 0 Å². The number of hydrogen-bond donors (Lipinski definition) is 0. The number of halogens is 1. The smallest absolute Gasteiger partial charge is 0.118 e. The Morgan fingerprint density at radius 1 is 1.31 bits per heavy atom. The molecule has 1 aromatic rings. The van der Waals surface area contributed by atoms with Crippen LogP contribution in [0.5, 0.6) is 5.75 Å². The van der Waals surface area contributed by atoms with Crippen LogP contribution in [0.2, 0.25) is 0 Å². The lowest BCUT2D eigenvalue weighted by molar-refractivity contribution is 0.414. The fourth-order valence-electron chi connectivity index (χ4n) is 0.788. The molecule has 0 atom stereocenters. The van der Waals surface area contributed by atoms with Crippen molar-refractivity contribution in [3.8, 4) is 5.75 Å². The van der Waals surface area contributed by atoms with Crippen LogP contribution in [0.15, 0.2) is 29.2 Å². The van der Waals surface area contributed by atoms with Crippen LogP contribution in [-0.4, -0.2) is 15.5 Å². The van der Waals surface area contributed by atoms with Gasteiger partial charge in [0.15, 0.2) is 0 Å². The summed E-state index contributed by atoms with van der Waals surface area (Å²) in [6.07, 6.45) is 0. The Bertz CT molecular complexity index is 373. The molecule has 13 heavy (non-hydrogen) atoms. The van der Waals surface area contributed by atoms with E-state index in [-0.39, 0.29) is 4.90 Å². The van der Waals surface area contributed by atoms with Gasteiger partial charge in [-0.2, -0.15) is 0 Å². The molecule has 0 saturated carbocycles. The van der Waals surface area contributed by atoms with Gasteiger partial charge in [0.2, 0.25) is 0 Å². The highest BCUT2D eigenvalue weighted by Gasteiger charge is 2.02. The van der Waals surface area contributed by atoms with Gasteiger partial charge in [-0.1, -0.05) is 0 Å². The summed E-state index contributed by atoms with van der Waals surface area (Å²) in [6.45, 7) is 0. The molecule has 0 aliphatic carbocycles. The number of nitrogens with zero attached hydrogens (tertiary/aromatic N) is 1. The summed E-state index contributed by atoms with van der Waals surface area (Å²) < 4.78 is 29.7. The molecule has 1 rings (SSSR count). The summed E-state index contributed by atoms with van der Waals surface area (Å²) >= 11 is 4.91. The van der Waals surface area contributed by atoms with Crippen LogP contribution in [-0.2, 0) is 10.0 Å². The van der Waals surface area contributed by atoms with Crippen LogP contribution >= 0.6 is 11.8 Å². The third-order valence-corrected chi connectivity index (χ3v) is 3.04. The van der Waals surface area contributed by atoms with E-state index in [4.69, 9.17) is 16.5 Å². The zero-order chi connectivity index (χ0) is 9.90. The van der Waals surface area contributed by atoms with Gasteiger partial charge in [0, 0.05) is 4.90 Å². The van der Waals surface area contributed by atoms with Gasteiger partial charge in [-0.3, -0.25) is 11.8 Å². The van der Waals surface area contributed by atoms with Crippen LogP contribution in [0.25, 0.3) is 4.24 Å².